The van der Waals surface area contributed by atoms with Crippen molar-refractivity contribution in [3.8, 4) is 5.75 Å². The van der Waals surface area contributed by atoms with Gasteiger partial charge in [0.2, 0.25) is 0 Å². The molecular weight excluding hydrogens is 286 g/mol. The number of carboxylic acids is 1. The molecule has 0 aliphatic carbocycles. The highest BCUT2D eigenvalue weighted by atomic mass is 32.2. The molecule has 1 aromatic carbocycles. The Bertz CT molecular complexity index is 753. The number of benzene rings is 1. The molecule has 2 aromatic rings. The first-order chi connectivity index (χ1) is 9.34. The number of phenolic OH excluding ortho intramolecular Hbond substituents is 1. The maximum Gasteiger partial charge on any atom is 0.340 e. The fraction of sp³-hybridized carbons (Fsp3) is 0.0909. The third kappa shape index (κ3) is 2.30. The van der Waals surface area contributed by atoms with Crippen molar-refractivity contribution in [2.24, 2.45) is 0 Å². The second-order valence-electron chi connectivity index (χ2n) is 3.91. The number of hydrogen-bond acceptors (Lipinski definition) is 5. The Labute approximate surface area is 114 Å². The molecule has 0 saturated carbocycles. The second-order valence-corrected chi connectivity index (χ2v) is 5.82. The van der Waals surface area contributed by atoms with Gasteiger partial charge in [0, 0.05) is 13.1 Å². The van der Waals surface area contributed by atoms with Gasteiger partial charge in [0.1, 0.15) is 11.3 Å². The number of sulfonamides is 1. The molecule has 8 nitrogen and oxygen atoms in total. The summed E-state index contributed by atoms with van der Waals surface area (Å²) in [4.78, 5) is 11.0. The first-order valence-corrected chi connectivity index (χ1v) is 6.82. The van der Waals surface area contributed by atoms with Crippen LogP contribution in [0.4, 0.5) is 5.69 Å². The van der Waals surface area contributed by atoms with E-state index in [2.05, 4.69) is 10.2 Å². The Kier molecular flexibility index (Phi) is 3.36. The van der Waals surface area contributed by atoms with E-state index in [0.29, 0.717) is 0 Å². The van der Waals surface area contributed by atoms with Gasteiger partial charge in [-0.2, -0.15) is 13.5 Å². The third-order valence-electron chi connectivity index (χ3n) is 2.65. The summed E-state index contributed by atoms with van der Waals surface area (Å²) < 4.78 is 25.5. The van der Waals surface area contributed by atoms with Gasteiger partial charge in [-0.25, -0.2) is 4.79 Å². The SMILES string of the molecule is CN(c1cccc(O)c1)S(=O)(=O)c1[nH]ncc1C(=O)O. The highest BCUT2D eigenvalue weighted by molar-refractivity contribution is 7.92. The molecule has 0 atom stereocenters. The van der Waals surface area contributed by atoms with Crippen LogP contribution in [0.2, 0.25) is 0 Å². The number of hydrogen-bond donors (Lipinski definition) is 3. The number of anilines is 1. The van der Waals surface area contributed by atoms with Crippen LogP contribution in [0.3, 0.4) is 0 Å². The van der Waals surface area contributed by atoms with Gasteiger partial charge >= 0.3 is 5.97 Å². The summed E-state index contributed by atoms with van der Waals surface area (Å²) in [5, 5.41) is 23.4. The smallest absolute Gasteiger partial charge is 0.340 e. The van der Waals surface area contributed by atoms with Crippen LogP contribution in [0.5, 0.6) is 5.75 Å². The number of nitrogens with zero attached hydrogens (tertiary/aromatic N) is 2. The highest BCUT2D eigenvalue weighted by Crippen LogP contribution is 2.25. The minimum atomic E-state index is -4.12. The summed E-state index contributed by atoms with van der Waals surface area (Å²) >= 11 is 0. The maximum atomic E-state index is 12.3. The Morgan fingerprint density at radius 3 is 2.70 bits per heavy atom. The maximum absolute atomic E-state index is 12.3. The molecule has 0 unspecified atom stereocenters. The molecule has 0 radical (unpaired) electrons. The van der Waals surface area contributed by atoms with E-state index in [0.717, 1.165) is 10.5 Å². The monoisotopic (exact) mass is 297 g/mol. The number of phenols is 1. The quantitative estimate of drug-likeness (QED) is 0.760. The minimum absolute atomic E-state index is 0.104. The van der Waals surface area contributed by atoms with Gasteiger partial charge in [0.05, 0.1) is 11.9 Å². The van der Waals surface area contributed by atoms with Crippen LogP contribution < -0.4 is 4.31 Å². The Morgan fingerprint density at radius 1 is 1.40 bits per heavy atom. The fourth-order valence-corrected chi connectivity index (χ4v) is 2.84. The number of H-pyrrole nitrogens is 1. The Hall–Kier alpha value is -2.55. The lowest BCUT2D eigenvalue weighted by atomic mass is 10.3. The van der Waals surface area contributed by atoms with E-state index in [1.165, 1.54) is 31.3 Å². The van der Waals surface area contributed by atoms with E-state index in [1.54, 1.807) is 0 Å². The molecule has 0 bridgehead atoms. The van der Waals surface area contributed by atoms with Crippen LogP contribution in [0, 0.1) is 0 Å². The van der Waals surface area contributed by atoms with Crippen molar-refractivity contribution in [3.05, 3.63) is 36.0 Å². The van der Waals surface area contributed by atoms with Crippen molar-refractivity contribution in [1.29, 1.82) is 0 Å². The number of nitrogens with one attached hydrogen (secondary N) is 1. The first kappa shape index (κ1) is 13.9. The van der Waals surface area contributed by atoms with E-state index in [9.17, 15) is 18.3 Å². The lowest BCUT2D eigenvalue weighted by molar-refractivity contribution is 0.0692. The summed E-state index contributed by atoms with van der Waals surface area (Å²) in [5.41, 5.74) is -0.257. The van der Waals surface area contributed by atoms with Gasteiger partial charge in [0.25, 0.3) is 10.0 Å². The molecule has 0 spiro atoms. The van der Waals surface area contributed by atoms with Crippen molar-refractivity contribution in [2.75, 3.05) is 11.4 Å². The van der Waals surface area contributed by atoms with Crippen molar-refractivity contribution >= 4 is 21.7 Å². The van der Waals surface area contributed by atoms with E-state index >= 15 is 0 Å². The molecule has 106 valence electrons. The molecule has 1 aromatic heterocycles. The largest absolute Gasteiger partial charge is 0.508 e. The average molecular weight is 297 g/mol. The predicted molar refractivity (Wildman–Crippen MR) is 69.2 cm³/mol. The molecule has 0 aliphatic heterocycles. The zero-order valence-electron chi connectivity index (χ0n) is 10.3. The van der Waals surface area contributed by atoms with Crippen LogP contribution in [0.25, 0.3) is 0 Å². The summed E-state index contributed by atoms with van der Waals surface area (Å²) in [6, 6.07) is 5.58. The molecule has 20 heavy (non-hydrogen) atoms. The number of aromatic nitrogens is 2. The van der Waals surface area contributed by atoms with Crippen molar-refractivity contribution < 1.29 is 23.4 Å². The molecule has 0 amide bonds. The van der Waals surface area contributed by atoms with Crippen molar-refractivity contribution in [2.45, 2.75) is 5.03 Å². The average Bonchev–Trinajstić information content (AvgIpc) is 2.87. The van der Waals surface area contributed by atoms with E-state index in [4.69, 9.17) is 5.11 Å². The predicted octanol–water partition coefficient (Wildman–Crippen LogP) is 0.639. The highest BCUT2D eigenvalue weighted by Gasteiger charge is 2.29. The summed E-state index contributed by atoms with van der Waals surface area (Å²) in [6.07, 6.45) is 0.922. The fourth-order valence-electron chi connectivity index (χ4n) is 1.59. The van der Waals surface area contributed by atoms with Crippen molar-refractivity contribution in [1.82, 2.24) is 10.2 Å². The molecule has 0 aliphatic rings. The van der Waals surface area contributed by atoms with E-state index < -0.39 is 26.6 Å². The molecule has 3 N–H and O–H groups in total. The first-order valence-electron chi connectivity index (χ1n) is 5.38. The number of carboxylic acid groups (broad SMARTS) is 1. The Balaban J connectivity index is 2.50. The zero-order chi connectivity index (χ0) is 14.9. The summed E-state index contributed by atoms with van der Waals surface area (Å²) in [7, 11) is -2.87. The standard InChI is InChI=1S/C11H11N3O5S/c1-14(7-3-2-4-8(15)5-7)20(18,19)10-9(11(16)17)6-12-13-10/h2-6,15H,1H3,(H,12,13)(H,16,17). The van der Waals surface area contributed by atoms with Crippen LogP contribution in [0.1, 0.15) is 10.4 Å². The topological polar surface area (TPSA) is 124 Å². The summed E-state index contributed by atoms with van der Waals surface area (Å²) in [5.74, 6) is -1.51. The van der Waals surface area contributed by atoms with Crippen LogP contribution in [-0.2, 0) is 10.0 Å². The van der Waals surface area contributed by atoms with E-state index in [1.807, 2.05) is 0 Å². The van der Waals surface area contributed by atoms with Crippen LogP contribution >= 0.6 is 0 Å². The molecular formula is C11H11N3O5S. The minimum Gasteiger partial charge on any atom is -0.508 e. The molecule has 1 heterocycles. The van der Waals surface area contributed by atoms with Gasteiger partial charge in [-0.1, -0.05) is 6.07 Å². The van der Waals surface area contributed by atoms with Crippen LogP contribution in [-0.4, -0.2) is 41.8 Å². The lowest BCUT2D eigenvalue weighted by Crippen LogP contribution is -2.28. The molecule has 0 saturated heterocycles. The molecule has 2 rings (SSSR count). The zero-order valence-corrected chi connectivity index (χ0v) is 11.1. The number of rotatable bonds is 4. The van der Waals surface area contributed by atoms with Crippen molar-refractivity contribution in [3.63, 3.8) is 0 Å². The van der Waals surface area contributed by atoms with Gasteiger partial charge in [-0.15, -0.1) is 0 Å². The normalized spacial score (nSPS) is 11.2. The Morgan fingerprint density at radius 2 is 2.10 bits per heavy atom. The van der Waals surface area contributed by atoms with Gasteiger partial charge in [0.15, 0.2) is 5.03 Å². The number of carbonyl (C=O) groups is 1. The summed E-state index contributed by atoms with van der Waals surface area (Å²) in [6.45, 7) is 0. The van der Waals surface area contributed by atoms with Gasteiger partial charge in [-0.3, -0.25) is 9.40 Å². The number of aromatic amines is 1. The van der Waals surface area contributed by atoms with E-state index in [-0.39, 0.29) is 11.4 Å². The number of aromatic carboxylic acids is 1. The number of aromatic hydroxyl groups is 1. The third-order valence-corrected chi connectivity index (χ3v) is 4.41. The molecule has 9 heteroatoms. The van der Waals surface area contributed by atoms with Crippen LogP contribution in [0.15, 0.2) is 35.5 Å². The van der Waals surface area contributed by atoms with Gasteiger partial charge in [-0.05, 0) is 12.1 Å². The molecule has 0 fully saturated rings. The second kappa shape index (κ2) is 4.85. The lowest BCUT2D eigenvalue weighted by Gasteiger charge is -2.18. The van der Waals surface area contributed by atoms with Gasteiger partial charge < -0.3 is 10.2 Å².